The van der Waals surface area contributed by atoms with Crippen LogP contribution in [0.25, 0.3) is 0 Å². The average Bonchev–Trinajstić information content (AvgIpc) is 2.62. The zero-order valence-corrected chi connectivity index (χ0v) is 15.9. The van der Waals surface area contributed by atoms with Crippen molar-refractivity contribution in [2.24, 2.45) is 0 Å². The Kier molecular flexibility index (Phi) is 4.23. The zero-order valence-electron chi connectivity index (χ0n) is 15.9. The minimum Gasteiger partial charge on any atom is -0.369 e. The lowest BCUT2D eigenvalue weighted by molar-refractivity contribution is -0.122. The second-order valence-corrected chi connectivity index (χ2v) is 7.85. The second-order valence-electron chi connectivity index (χ2n) is 7.85. The topological polar surface area (TPSA) is 44.4 Å². The van der Waals surface area contributed by atoms with E-state index in [2.05, 4.69) is 48.4 Å². The molecule has 2 aromatic rings. The molecule has 1 spiro atoms. The minimum absolute atomic E-state index is 0.109. The Bertz CT molecular complexity index is 850. The number of likely N-dealkylation sites (tertiary alicyclic amines) is 1. The van der Waals surface area contributed by atoms with Crippen LogP contribution in [0.4, 0.5) is 11.4 Å². The van der Waals surface area contributed by atoms with Crippen molar-refractivity contribution in [2.75, 3.05) is 23.7 Å². The average molecular weight is 349 g/mol. The molecule has 0 atom stereocenters. The third-order valence-corrected chi connectivity index (χ3v) is 6.04. The summed E-state index contributed by atoms with van der Waals surface area (Å²) in [4.78, 5) is 15.2. The van der Waals surface area contributed by atoms with Gasteiger partial charge in [0.2, 0.25) is 5.91 Å². The Morgan fingerprint density at radius 1 is 0.962 bits per heavy atom. The van der Waals surface area contributed by atoms with Gasteiger partial charge in [-0.1, -0.05) is 24.3 Å². The van der Waals surface area contributed by atoms with E-state index in [1.165, 1.54) is 22.3 Å². The van der Waals surface area contributed by atoms with Crippen LogP contribution in [0.5, 0.6) is 0 Å². The fraction of sp³-hybridized carbons (Fsp3) is 0.409. The van der Waals surface area contributed by atoms with Crippen molar-refractivity contribution < 1.29 is 4.79 Å². The van der Waals surface area contributed by atoms with Crippen molar-refractivity contribution in [1.29, 1.82) is 0 Å². The fourth-order valence-electron chi connectivity index (χ4n) is 4.13. The van der Waals surface area contributed by atoms with Crippen LogP contribution in [-0.2, 0) is 11.3 Å². The quantitative estimate of drug-likeness (QED) is 0.861. The summed E-state index contributed by atoms with van der Waals surface area (Å²) < 4.78 is 0. The summed E-state index contributed by atoms with van der Waals surface area (Å²) >= 11 is 0. The number of rotatable bonds is 2. The number of amides is 1. The first-order valence-corrected chi connectivity index (χ1v) is 9.45. The number of carbonyl (C=O) groups excluding carboxylic acids is 1. The second kappa shape index (κ2) is 6.44. The van der Waals surface area contributed by atoms with Gasteiger partial charge in [-0.05, 0) is 68.0 Å². The van der Waals surface area contributed by atoms with E-state index < -0.39 is 5.54 Å². The molecule has 0 saturated carbocycles. The molecule has 4 heteroatoms. The number of carbonyl (C=O) groups is 1. The summed E-state index contributed by atoms with van der Waals surface area (Å²) in [5.74, 6) is 0.109. The van der Waals surface area contributed by atoms with Gasteiger partial charge in [-0.3, -0.25) is 9.69 Å². The number of nitrogens with one attached hydrogen (secondary N) is 2. The molecule has 0 unspecified atom stereocenters. The highest BCUT2D eigenvalue weighted by Crippen LogP contribution is 2.36. The number of aryl methyl sites for hydroxylation is 3. The third kappa shape index (κ3) is 2.99. The number of hydrogen-bond acceptors (Lipinski definition) is 3. The van der Waals surface area contributed by atoms with Gasteiger partial charge >= 0.3 is 0 Å². The van der Waals surface area contributed by atoms with Gasteiger partial charge in [0.05, 0.1) is 11.4 Å². The summed E-state index contributed by atoms with van der Waals surface area (Å²) in [6.45, 7) is 9.35. The Labute approximate surface area is 155 Å². The molecule has 2 N–H and O–H groups in total. The van der Waals surface area contributed by atoms with E-state index in [-0.39, 0.29) is 5.91 Å². The van der Waals surface area contributed by atoms with E-state index in [1.54, 1.807) is 0 Å². The third-order valence-electron chi connectivity index (χ3n) is 6.04. The van der Waals surface area contributed by atoms with Gasteiger partial charge < -0.3 is 10.6 Å². The molecule has 1 saturated heterocycles. The predicted molar refractivity (Wildman–Crippen MR) is 107 cm³/mol. The lowest BCUT2D eigenvalue weighted by Gasteiger charge is -2.44. The first-order valence-electron chi connectivity index (χ1n) is 9.45. The molecule has 2 aliphatic rings. The molecule has 0 aliphatic carbocycles. The number of nitrogens with zero attached hydrogens (tertiary/aromatic N) is 1. The summed E-state index contributed by atoms with van der Waals surface area (Å²) in [6, 6.07) is 12.5. The standard InChI is InChI=1S/C22H27N3O/c1-15-12-17(3)18(13-16(15)2)14-25-10-8-22(9-11-25)21(26)23-19-6-4-5-7-20(19)24-22/h4-7,12-13,24H,8-11,14H2,1-3H3,(H,23,26). The molecule has 136 valence electrons. The Balaban J connectivity index is 1.46. The van der Waals surface area contributed by atoms with Crippen LogP contribution in [0, 0.1) is 20.8 Å². The van der Waals surface area contributed by atoms with E-state index in [0.717, 1.165) is 43.9 Å². The Morgan fingerprint density at radius 2 is 1.62 bits per heavy atom. The Morgan fingerprint density at radius 3 is 2.35 bits per heavy atom. The van der Waals surface area contributed by atoms with Crippen LogP contribution in [-0.4, -0.2) is 29.4 Å². The molecule has 1 amide bonds. The molecule has 2 aromatic carbocycles. The van der Waals surface area contributed by atoms with Gasteiger partial charge in [-0.25, -0.2) is 0 Å². The molecule has 1 fully saturated rings. The molecule has 26 heavy (non-hydrogen) atoms. The number of anilines is 2. The summed E-state index contributed by atoms with van der Waals surface area (Å²) in [5.41, 5.74) is 6.91. The van der Waals surface area contributed by atoms with E-state index in [1.807, 2.05) is 24.3 Å². The smallest absolute Gasteiger partial charge is 0.250 e. The molecular formula is C22H27N3O. The van der Waals surface area contributed by atoms with Gasteiger partial charge in [0.25, 0.3) is 0 Å². The predicted octanol–water partition coefficient (Wildman–Crippen LogP) is 4.01. The van der Waals surface area contributed by atoms with Crippen molar-refractivity contribution in [3.8, 4) is 0 Å². The van der Waals surface area contributed by atoms with Gasteiger partial charge in [0.15, 0.2) is 0 Å². The van der Waals surface area contributed by atoms with Crippen LogP contribution >= 0.6 is 0 Å². The molecule has 2 aliphatic heterocycles. The molecule has 0 radical (unpaired) electrons. The fourth-order valence-corrected chi connectivity index (χ4v) is 4.13. The first-order chi connectivity index (χ1) is 12.5. The first kappa shape index (κ1) is 17.1. The largest absolute Gasteiger partial charge is 0.369 e. The van der Waals surface area contributed by atoms with Crippen LogP contribution in [0.1, 0.15) is 35.1 Å². The molecule has 4 rings (SSSR count). The maximum atomic E-state index is 12.7. The van der Waals surface area contributed by atoms with Gasteiger partial charge in [0, 0.05) is 19.6 Å². The van der Waals surface area contributed by atoms with Crippen molar-refractivity contribution in [3.05, 3.63) is 58.7 Å². The van der Waals surface area contributed by atoms with Crippen molar-refractivity contribution in [2.45, 2.75) is 45.7 Å². The van der Waals surface area contributed by atoms with Crippen LogP contribution in [0.2, 0.25) is 0 Å². The SMILES string of the molecule is Cc1cc(C)c(CN2CCC3(CC2)Nc2ccccc2NC3=O)cc1C. The maximum Gasteiger partial charge on any atom is 0.250 e. The molecular weight excluding hydrogens is 322 g/mol. The van der Waals surface area contributed by atoms with Crippen LogP contribution < -0.4 is 10.6 Å². The normalized spacial score (nSPS) is 19.0. The summed E-state index contributed by atoms with van der Waals surface area (Å²) in [5, 5.41) is 6.62. The minimum atomic E-state index is -0.469. The van der Waals surface area contributed by atoms with Gasteiger partial charge in [-0.15, -0.1) is 0 Å². The van der Waals surface area contributed by atoms with Gasteiger partial charge in [-0.2, -0.15) is 0 Å². The highest BCUT2D eigenvalue weighted by Gasteiger charge is 2.44. The Hall–Kier alpha value is -2.33. The van der Waals surface area contributed by atoms with E-state index >= 15 is 0 Å². The van der Waals surface area contributed by atoms with Gasteiger partial charge in [0.1, 0.15) is 5.54 Å². The summed E-state index contributed by atoms with van der Waals surface area (Å²) in [7, 11) is 0. The van der Waals surface area contributed by atoms with E-state index in [9.17, 15) is 4.79 Å². The highest BCUT2D eigenvalue weighted by atomic mass is 16.2. The number of para-hydroxylation sites is 2. The lowest BCUT2D eigenvalue weighted by Crippen LogP contribution is -2.58. The number of hydrogen-bond donors (Lipinski definition) is 2. The van der Waals surface area contributed by atoms with Crippen LogP contribution in [0.15, 0.2) is 36.4 Å². The number of benzene rings is 2. The summed E-state index contributed by atoms with van der Waals surface area (Å²) in [6.07, 6.45) is 1.66. The zero-order chi connectivity index (χ0) is 18.3. The maximum absolute atomic E-state index is 12.7. The van der Waals surface area contributed by atoms with E-state index in [4.69, 9.17) is 0 Å². The lowest BCUT2D eigenvalue weighted by atomic mass is 9.84. The van der Waals surface area contributed by atoms with E-state index in [0.29, 0.717) is 0 Å². The van der Waals surface area contributed by atoms with Crippen molar-refractivity contribution >= 4 is 17.3 Å². The van der Waals surface area contributed by atoms with Crippen LogP contribution in [0.3, 0.4) is 0 Å². The number of piperidine rings is 1. The molecule has 0 bridgehead atoms. The number of fused-ring (bicyclic) bond motifs is 1. The van der Waals surface area contributed by atoms with Crippen molar-refractivity contribution in [1.82, 2.24) is 4.90 Å². The monoisotopic (exact) mass is 349 g/mol. The molecule has 4 nitrogen and oxygen atoms in total. The highest BCUT2D eigenvalue weighted by molar-refractivity contribution is 6.06. The molecule has 2 heterocycles. The molecule has 0 aromatic heterocycles. The van der Waals surface area contributed by atoms with Crippen molar-refractivity contribution in [3.63, 3.8) is 0 Å².